The van der Waals surface area contributed by atoms with Gasteiger partial charge in [0.25, 0.3) is 5.91 Å². The Kier molecular flexibility index (Phi) is 7.23. The van der Waals surface area contributed by atoms with E-state index < -0.39 is 26.3 Å². The van der Waals surface area contributed by atoms with Crippen molar-refractivity contribution >= 4 is 26.0 Å². The lowest BCUT2D eigenvalue weighted by molar-refractivity contribution is -0.127. The molecule has 8 heteroatoms. The molecule has 0 aliphatic heterocycles. The molecule has 1 unspecified atom stereocenters. The van der Waals surface area contributed by atoms with Gasteiger partial charge in [-0.1, -0.05) is 44.1 Å². The number of rotatable bonds is 6. The molecule has 1 aromatic rings. The second-order valence-electron chi connectivity index (χ2n) is 9.06. The van der Waals surface area contributed by atoms with Crippen molar-refractivity contribution in [1.29, 1.82) is 0 Å². The Balaban J connectivity index is 1.84. The highest BCUT2D eigenvalue weighted by Crippen LogP contribution is 2.41. The number of esters is 1. The van der Waals surface area contributed by atoms with Crippen LogP contribution in [-0.4, -0.2) is 43.4 Å². The van der Waals surface area contributed by atoms with Crippen molar-refractivity contribution in [2.24, 2.45) is 11.1 Å². The summed E-state index contributed by atoms with van der Waals surface area (Å²) in [6.07, 6.45) is 0.455. The zero-order valence-corrected chi connectivity index (χ0v) is 19.1. The fourth-order valence-corrected chi connectivity index (χ4v) is 4.15. The molecule has 2 rings (SSSR count). The van der Waals surface area contributed by atoms with E-state index in [4.69, 9.17) is 9.16 Å². The van der Waals surface area contributed by atoms with Gasteiger partial charge in [-0.05, 0) is 50.0 Å². The highest BCUT2D eigenvalue weighted by atomic mass is 28.4. The second-order valence-corrected chi connectivity index (χ2v) is 13.8. The van der Waals surface area contributed by atoms with Crippen LogP contribution < -0.4 is 5.32 Å². The minimum Gasteiger partial charge on any atom is -0.449 e. The highest BCUT2D eigenvalue weighted by molar-refractivity contribution is 6.74. The first-order valence-electron chi connectivity index (χ1n) is 9.91. The monoisotopic (exact) mass is 420 g/mol. The first-order chi connectivity index (χ1) is 13.4. The summed E-state index contributed by atoms with van der Waals surface area (Å²) in [4.78, 5) is 24.4. The van der Waals surface area contributed by atoms with Gasteiger partial charge >= 0.3 is 5.97 Å². The van der Waals surface area contributed by atoms with Crippen molar-refractivity contribution in [3.63, 3.8) is 0 Å². The van der Waals surface area contributed by atoms with E-state index in [1.54, 1.807) is 30.3 Å². The molecular weight excluding hydrogens is 388 g/mol. The molecule has 1 atom stereocenters. The molecule has 160 valence electrons. The molecule has 2 N–H and O–H groups in total. The molecule has 0 aromatic heterocycles. The number of hydrogen-bond acceptors (Lipinski definition) is 6. The Hall–Kier alpha value is -2.19. The van der Waals surface area contributed by atoms with Crippen LogP contribution in [0.15, 0.2) is 35.5 Å². The van der Waals surface area contributed by atoms with Crippen molar-refractivity contribution in [2.45, 2.75) is 70.9 Å². The van der Waals surface area contributed by atoms with Gasteiger partial charge in [0.05, 0.1) is 5.56 Å². The van der Waals surface area contributed by atoms with Crippen LogP contribution in [0.2, 0.25) is 18.1 Å². The van der Waals surface area contributed by atoms with E-state index in [9.17, 15) is 14.8 Å². The van der Waals surface area contributed by atoms with Gasteiger partial charge in [-0.25, -0.2) is 4.79 Å². The third-order valence-electron chi connectivity index (χ3n) is 5.77. The standard InChI is InChI=1S/C21H32N2O5Si/c1-14(27-20(25)15-10-8-7-9-11-15)19(24)22-18(23-26)16-12-17(13-16)28-29(5,6)21(2,3)4/h7-11,14,16-17,26H,12-13H2,1-6H3,(H,22,23,24). The summed E-state index contributed by atoms with van der Waals surface area (Å²) >= 11 is 0. The largest absolute Gasteiger partial charge is 0.449 e. The van der Waals surface area contributed by atoms with Gasteiger partial charge in [-0.15, -0.1) is 0 Å². The van der Waals surface area contributed by atoms with Crippen LogP contribution in [0, 0.1) is 5.92 Å². The summed E-state index contributed by atoms with van der Waals surface area (Å²) in [5, 5.41) is 15.3. The lowest BCUT2D eigenvalue weighted by Gasteiger charge is -2.44. The summed E-state index contributed by atoms with van der Waals surface area (Å²) in [5.41, 5.74) is 0.368. The molecule has 0 radical (unpaired) electrons. The first kappa shape index (κ1) is 23.1. The number of nitrogens with one attached hydrogen (secondary N) is 1. The van der Waals surface area contributed by atoms with Crippen LogP contribution in [0.1, 0.15) is 50.9 Å². The molecule has 0 saturated heterocycles. The van der Waals surface area contributed by atoms with Gasteiger partial charge in [0.15, 0.2) is 20.3 Å². The predicted molar refractivity (Wildman–Crippen MR) is 113 cm³/mol. The fourth-order valence-electron chi connectivity index (χ4n) is 2.77. The van der Waals surface area contributed by atoms with Crippen LogP contribution in [0.25, 0.3) is 0 Å². The zero-order valence-electron chi connectivity index (χ0n) is 18.1. The van der Waals surface area contributed by atoms with Crippen LogP contribution in [0.4, 0.5) is 0 Å². The van der Waals surface area contributed by atoms with E-state index in [0.717, 1.165) is 0 Å². The Morgan fingerprint density at radius 2 is 1.79 bits per heavy atom. The average molecular weight is 421 g/mol. The summed E-state index contributed by atoms with van der Waals surface area (Å²) in [6, 6.07) is 8.46. The molecule has 7 nitrogen and oxygen atoms in total. The van der Waals surface area contributed by atoms with Crippen molar-refractivity contribution in [3.8, 4) is 0 Å². The van der Waals surface area contributed by atoms with E-state index in [-0.39, 0.29) is 22.9 Å². The number of amides is 1. The van der Waals surface area contributed by atoms with Gasteiger partial charge in [-0.3, -0.25) is 4.79 Å². The number of oxime groups is 1. The molecule has 1 fully saturated rings. The van der Waals surface area contributed by atoms with Crippen LogP contribution in [0.3, 0.4) is 0 Å². The predicted octanol–water partition coefficient (Wildman–Crippen LogP) is 3.94. The fraction of sp³-hybridized carbons (Fsp3) is 0.571. The summed E-state index contributed by atoms with van der Waals surface area (Å²) in [6.45, 7) is 12.4. The number of amidine groups is 1. The Bertz CT molecular complexity index is 752. The van der Waals surface area contributed by atoms with Crippen molar-refractivity contribution in [1.82, 2.24) is 5.32 Å². The van der Waals surface area contributed by atoms with Gasteiger partial charge < -0.3 is 19.7 Å². The van der Waals surface area contributed by atoms with Gasteiger partial charge in [-0.2, -0.15) is 0 Å². The van der Waals surface area contributed by atoms with E-state index >= 15 is 0 Å². The highest BCUT2D eigenvalue weighted by Gasteiger charge is 2.44. The van der Waals surface area contributed by atoms with E-state index in [2.05, 4.69) is 44.3 Å². The molecule has 1 saturated carbocycles. The molecule has 29 heavy (non-hydrogen) atoms. The number of carbonyl (C=O) groups is 2. The number of ether oxygens (including phenoxy) is 1. The maximum atomic E-state index is 12.4. The molecule has 0 spiro atoms. The molecule has 1 aliphatic carbocycles. The molecule has 0 bridgehead atoms. The Morgan fingerprint density at radius 1 is 1.21 bits per heavy atom. The van der Waals surface area contributed by atoms with Gasteiger partial charge in [0.1, 0.15) is 0 Å². The lowest BCUT2D eigenvalue weighted by Crippen LogP contribution is -2.51. The minimum absolute atomic E-state index is 0.0873. The van der Waals surface area contributed by atoms with Crippen LogP contribution >= 0.6 is 0 Å². The number of benzene rings is 1. The Morgan fingerprint density at radius 3 is 2.31 bits per heavy atom. The van der Waals surface area contributed by atoms with E-state index in [0.29, 0.717) is 18.4 Å². The first-order valence-corrected chi connectivity index (χ1v) is 12.8. The molecule has 1 aliphatic rings. The van der Waals surface area contributed by atoms with Crippen LogP contribution in [0.5, 0.6) is 0 Å². The van der Waals surface area contributed by atoms with Crippen molar-refractivity contribution < 1.29 is 24.0 Å². The number of nitrogens with zero attached hydrogens (tertiary/aromatic N) is 1. The molecular formula is C21H32N2O5Si. The third-order valence-corrected chi connectivity index (χ3v) is 10.3. The lowest BCUT2D eigenvalue weighted by atomic mass is 9.81. The second kappa shape index (κ2) is 9.09. The zero-order chi connectivity index (χ0) is 21.8. The van der Waals surface area contributed by atoms with Gasteiger partial charge in [0, 0.05) is 12.0 Å². The van der Waals surface area contributed by atoms with Gasteiger partial charge in [0.2, 0.25) is 0 Å². The SMILES string of the molecule is CC(OC(=O)c1ccccc1)C(=O)NC(=NO)C1CC(O[Si](C)(C)C(C)(C)C)C1. The topological polar surface area (TPSA) is 97.2 Å². The van der Waals surface area contributed by atoms with E-state index in [1.807, 2.05) is 0 Å². The van der Waals surface area contributed by atoms with Crippen molar-refractivity contribution in [3.05, 3.63) is 35.9 Å². The smallest absolute Gasteiger partial charge is 0.338 e. The molecule has 1 aromatic carbocycles. The quantitative estimate of drug-likeness (QED) is 0.181. The average Bonchev–Trinajstić information content (AvgIpc) is 2.62. The van der Waals surface area contributed by atoms with Crippen LogP contribution in [-0.2, 0) is 14.0 Å². The van der Waals surface area contributed by atoms with E-state index in [1.165, 1.54) is 6.92 Å². The maximum Gasteiger partial charge on any atom is 0.338 e. The summed E-state index contributed by atoms with van der Waals surface area (Å²) in [7, 11) is -1.86. The number of carbonyl (C=O) groups excluding carboxylic acids is 2. The third kappa shape index (κ3) is 5.90. The summed E-state index contributed by atoms with van der Waals surface area (Å²) in [5.74, 6) is -1.01. The minimum atomic E-state index is -1.86. The molecule has 0 heterocycles. The normalized spacial score (nSPS) is 21.1. The summed E-state index contributed by atoms with van der Waals surface area (Å²) < 4.78 is 11.5. The molecule has 1 amide bonds. The Labute approximate surface area is 173 Å². The maximum absolute atomic E-state index is 12.4. The van der Waals surface area contributed by atoms with Crippen molar-refractivity contribution in [2.75, 3.05) is 0 Å². The number of hydrogen-bond donors (Lipinski definition) is 2.